The van der Waals surface area contributed by atoms with Crippen LogP contribution in [0, 0.1) is 11.3 Å². The molecule has 0 aromatic carbocycles. The van der Waals surface area contributed by atoms with Gasteiger partial charge in [0.15, 0.2) is 0 Å². The first-order valence-electron chi connectivity index (χ1n) is 7.52. The number of rotatable bonds is 5. The summed E-state index contributed by atoms with van der Waals surface area (Å²) in [6.45, 7) is 13.2. The Balaban J connectivity index is 1.90. The van der Waals surface area contributed by atoms with Crippen LogP contribution in [0.5, 0.6) is 0 Å². The van der Waals surface area contributed by atoms with Crippen LogP contribution in [-0.2, 0) is 0 Å². The topological polar surface area (TPSA) is 48.8 Å². The molecule has 2 aliphatic rings. The molecular weight excluding hydrogens is 236 g/mol. The smallest absolute Gasteiger partial charge is 0.103 e. The van der Waals surface area contributed by atoms with E-state index in [0.717, 1.165) is 25.9 Å². The summed E-state index contributed by atoms with van der Waals surface area (Å²) in [5.74, 6) is 2.96. The molecule has 3 unspecified atom stereocenters. The maximum atomic E-state index is 4.73. The van der Waals surface area contributed by atoms with E-state index < -0.39 is 0 Å². The third-order valence-corrected chi connectivity index (χ3v) is 4.55. The summed E-state index contributed by atoms with van der Waals surface area (Å²) in [4.78, 5) is 9.34. The summed E-state index contributed by atoms with van der Waals surface area (Å²) in [7, 11) is 0. The first-order valence-corrected chi connectivity index (χ1v) is 7.52. The van der Waals surface area contributed by atoms with Gasteiger partial charge in [0, 0.05) is 24.9 Å². The summed E-state index contributed by atoms with van der Waals surface area (Å²) in [5, 5.41) is 6.86. The van der Waals surface area contributed by atoms with Gasteiger partial charge in [0.2, 0.25) is 0 Å². The fourth-order valence-corrected chi connectivity index (χ4v) is 2.67. The molecule has 0 aliphatic carbocycles. The van der Waals surface area contributed by atoms with Crippen molar-refractivity contribution in [3.05, 3.63) is 0 Å². The van der Waals surface area contributed by atoms with E-state index in [1.165, 1.54) is 11.7 Å². The lowest BCUT2D eigenvalue weighted by Gasteiger charge is -2.32. The fraction of sp³-hybridized carbons (Fsp3) is 0.867. The molecule has 2 aliphatic heterocycles. The zero-order chi connectivity index (χ0) is 14.0. The fourth-order valence-electron chi connectivity index (χ4n) is 2.67. The van der Waals surface area contributed by atoms with Crippen LogP contribution in [0.3, 0.4) is 0 Å². The Morgan fingerprint density at radius 3 is 2.32 bits per heavy atom. The second-order valence-corrected chi connectivity index (χ2v) is 6.67. The molecule has 108 valence electrons. The van der Waals surface area contributed by atoms with Crippen LogP contribution in [-0.4, -0.2) is 36.8 Å². The average molecular weight is 264 g/mol. The van der Waals surface area contributed by atoms with Crippen LogP contribution >= 0.6 is 0 Å². The standard InChI is InChI=1S/C15H28N4/c1-10(6-7-13-16-8-11(2)18-13)15(4,5)14-17-9-12(3)19-14/h10-12H,6-9H2,1-5H3,(H,16,18)(H,17,19). The van der Waals surface area contributed by atoms with Gasteiger partial charge in [-0.2, -0.15) is 0 Å². The van der Waals surface area contributed by atoms with Gasteiger partial charge in [-0.15, -0.1) is 0 Å². The predicted molar refractivity (Wildman–Crippen MR) is 82.0 cm³/mol. The molecule has 0 bridgehead atoms. The zero-order valence-corrected chi connectivity index (χ0v) is 13.0. The van der Waals surface area contributed by atoms with E-state index >= 15 is 0 Å². The lowest BCUT2D eigenvalue weighted by molar-refractivity contribution is 0.315. The molecule has 4 nitrogen and oxygen atoms in total. The number of hydrogen-bond donors (Lipinski definition) is 2. The highest BCUT2D eigenvalue weighted by Gasteiger charge is 2.34. The van der Waals surface area contributed by atoms with E-state index in [1.54, 1.807) is 0 Å². The van der Waals surface area contributed by atoms with Crippen molar-refractivity contribution in [3.63, 3.8) is 0 Å². The van der Waals surface area contributed by atoms with Crippen molar-refractivity contribution in [2.45, 2.75) is 59.5 Å². The molecule has 4 heteroatoms. The van der Waals surface area contributed by atoms with E-state index in [2.05, 4.69) is 50.2 Å². The van der Waals surface area contributed by atoms with Crippen molar-refractivity contribution >= 4 is 11.7 Å². The lowest BCUT2D eigenvalue weighted by atomic mass is 9.76. The lowest BCUT2D eigenvalue weighted by Crippen LogP contribution is -2.39. The highest BCUT2D eigenvalue weighted by Crippen LogP contribution is 2.32. The van der Waals surface area contributed by atoms with Gasteiger partial charge in [0.25, 0.3) is 0 Å². The molecule has 19 heavy (non-hydrogen) atoms. The van der Waals surface area contributed by atoms with Crippen LogP contribution in [0.4, 0.5) is 0 Å². The Labute approximate surface area is 117 Å². The third-order valence-electron chi connectivity index (χ3n) is 4.55. The number of nitrogens with zero attached hydrogens (tertiary/aromatic N) is 2. The van der Waals surface area contributed by atoms with Gasteiger partial charge < -0.3 is 10.6 Å². The van der Waals surface area contributed by atoms with Crippen molar-refractivity contribution in [1.82, 2.24) is 10.6 Å². The van der Waals surface area contributed by atoms with Gasteiger partial charge in [-0.1, -0.05) is 20.8 Å². The average Bonchev–Trinajstić information content (AvgIpc) is 2.95. The third kappa shape index (κ3) is 3.28. The van der Waals surface area contributed by atoms with Gasteiger partial charge >= 0.3 is 0 Å². The van der Waals surface area contributed by atoms with Crippen molar-refractivity contribution in [1.29, 1.82) is 0 Å². The van der Waals surface area contributed by atoms with Gasteiger partial charge in [0.05, 0.1) is 17.9 Å². The molecule has 3 atom stereocenters. The Morgan fingerprint density at radius 1 is 1.16 bits per heavy atom. The Morgan fingerprint density at radius 2 is 1.79 bits per heavy atom. The van der Waals surface area contributed by atoms with Crippen molar-refractivity contribution in [2.24, 2.45) is 21.3 Å². The minimum atomic E-state index is 0.121. The van der Waals surface area contributed by atoms with Crippen LogP contribution in [0.15, 0.2) is 9.98 Å². The largest absolute Gasteiger partial charge is 0.372 e. The predicted octanol–water partition coefficient (Wildman–Crippen LogP) is 2.21. The second-order valence-electron chi connectivity index (χ2n) is 6.67. The number of amidine groups is 2. The van der Waals surface area contributed by atoms with Crippen molar-refractivity contribution < 1.29 is 0 Å². The maximum Gasteiger partial charge on any atom is 0.103 e. The normalized spacial score (nSPS) is 28.5. The molecule has 0 aromatic rings. The molecule has 0 aromatic heterocycles. The molecule has 0 amide bonds. The van der Waals surface area contributed by atoms with E-state index in [0.29, 0.717) is 18.0 Å². The summed E-state index contributed by atoms with van der Waals surface area (Å²) in [6.07, 6.45) is 2.21. The van der Waals surface area contributed by atoms with Gasteiger partial charge in [-0.05, 0) is 26.2 Å². The molecule has 2 heterocycles. The van der Waals surface area contributed by atoms with Crippen LogP contribution in [0.25, 0.3) is 0 Å². The highest BCUT2D eigenvalue weighted by atomic mass is 15.1. The first-order chi connectivity index (χ1) is 8.89. The zero-order valence-electron chi connectivity index (χ0n) is 13.0. The summed E-state index contributed by atoms with van der Waals surface area (Å²) in [5.41, 5.74) is 0.121. The van der Waals surface area contributed by atoms with Crippen molar-refractivity contribution in [2.75, 3.05) is 13.1 Å². The minimum Gasteiger partial charge on any atom is -0.372 e. The monoisotopic (exact) mass is 264 g/mol. The van der Waals surface area contributed by atoms with E-state index in [4.69, 9.17) is 4.99 Å². The van der Waals surface area contributed by atoms with Gasteiger partial charge in [-0.3, -0.25) is 9.98 Å². The second kappa shape index (κ2) is 5.51. The summed E-state index contributed by atoms with van der Waals surface area (Å²) < 4.78 is 0. The van der Waals surface area contributed by atoms with Gasteiger partial charge in [-0.25, -0.2) is 0 Å². The summed E-state index contributed by atoms with van der Waals surface area (Å²) in [6, 6.07) is 0.864. The van der Waals surface area contributed by atoms with Gasteiger partial charge in [0.1, 0.15) is 5.84 Å². The van der Waals surface area contributed by atoms with E-state index in [-0.39, 0.29) is 5.41 Å². The Hall–Kier alpha value is -1.06. The number of aliphatic imine (C=N–C) groups is 2. The quantitative estimate of drug-likeness (QED) is 0.800. The highest BCUT2D eigenvalue weighted by molar-refractivity contribution is 5.89. The molecule has 0 radical (unpaired) electrons. The van der Waals surface area contributed by atoms with E-state index in [9.17, 15) is 0 Å². The molecular formula is C15H28N4. The first kappa shape index (κ1) is 14.4. The molecule has 2 rings (SSSR count). The summed E-state index contributed by atoms with van der Waals surface area (Å²) >= 11 is 0. The molecule has 0 saturated heterocycles. The SMILES string of the molecule is CC1CNC(CCC(C)C(C)(C)C2=NC(C)CN2)=N1. The number of hydrogen-bond acceptors (Lipinski definition) is 4. The molecule has 2 N–H and O–H groups in total. The minimum absolute atomic E-state index is 0.121. The Kier molecular flexibility index (Phi) is 4.16. The van der Waals surface area contributed by atoms with Crippen molar-refractivity contribution in [3.8, 4) is 0 Å². The molecule has 0 spiro atoms. The maximum absolute atomic E-state index is 4.73. The Bertz CT molecular complexity index is 384. The number of nitrogens with one attached hydrogen (secondary N) is 2. The van der Waals surface area contributed by atoms with Crippen LogP contribution < -0.4 is 10.6 Å². The van der Waals surface area contributed by atoms with Crippen LogP contribution in [0.1, 0.15) is 47.5 Å². The molecule has 0 saturated carbocycles. The van der Waals surface area contributed by atoms with E-state index in [1.807, 2.05) is 0 Å². The van der Waals surface area contributed by atoms with Crippen LogP contribution in [0.2, 0.25) is 0 Å². The molecule has 0 fully saturated rings.